The molecule has 0 aliphatic heterocycles. The van der Waals surface area contributed by atoms with Gasteiger partial charge >= 0.3 is 0 Å². The van der Waals surface area contributed by atoms with Crippen LogP contribution >= 0.6 is 11.8 Å². The molecule has 4 nitrogen and oxygen atoms in total. The van der Waals surface area contributed by atoms with E-state index in [9.17, 15) is 4.79 Å². The largest absolute Gasteiger partial charge is 0.396 e. The topological polar surface area (TPSA) is 62.2 Å². The second-order valence-corrected chi connectivity index (χ2v) is 6.64. The number of aliphatic hydroxyl groups excluding tert-OH is 1. The molecular formula is C14H22N2O2S. The van der Waals surface area contributed by atoms with Gasteiger partial charge < -0.3 is 10.4 Å². The van der Waals surface area contributed by atoms with Crippen molar-refractivity contribution in [1.82, 2.24) is 10.3 Å². The van der Waals surface area contributed by atoms with Crippen molar-refractivity contribution in [3.8, 4) is 0 Å². The first kappa shape index (κ1) is 16.0. The van der Waals surface area contributed by atoms with E-state index in [1.54, 1.807) is 6.20 Å². The summed E-state index contributed by atoms with van der Waals surface area (Å²) in [5.41, 5.74) is -0.0835. The molecule has 0 aliphatic rings. The second-order valence-electron chi connectivity index (χ2n) is 5.28. The van der Waals surface area contributed by atoms with Crippen LogP contribution in [0.5, 0.6) is 0 Å². The molecule has 1 aromatic rings. The minimum atomic E-state index is -0.181. The summed E-state index contributed by atoms with van der Waals surface area (Å²) >= 11 is 1.44. The summed E-state index contributed by atoms with van der Waals surface area (Å²) in [5, 5.41) is 12.5. The van der Waals surface area contributed by atoms with Gasteiger partial charge in [0.05, 0.1) is 10.3 Å². The van der Waals surface area contributed by atoms with E-state index in [0.29, 0.717) is 13.0 Å². The number of hydrogen-bond acceptors (Lipinski definition) is 4. The number of carbonyl (C=O) groups is 1. The van der Waals surface area contributed by atoms with E-state index >= 15 is 0 Å². The molecule has 0 aromatic carbocycles. The number of thioether (sulfide) groups is 1. The van der Waals surface area contributed by atoms with Crippen molar-refractivity contribution >= 4 is 17.7 Å². The van der Waals surface area contributed by atoms with Crippen molar-refractivity contribution in [2.75, 3.05) is 13.2 Å². The van der Waals surface area contributed by atoms with Crippen molar-refractivity contribution in [1.29, 1.82) is 0 Å². The Morgan fingerprint density at radius 1 is 1.53 bits per heavy atom. The second kappa shape index (κ2) is 7.50. The summed E-state index contributed by atoms with van der Waals surface area (Å²) in [5.74, 6) is 0.00154. The first-order valence-corrected chi connectivity index (χ1v) is 7.29. The van der Waals surface area contributed by atoms with E-state index in [0.717, 1.165) is 5.03 Å². The highest BCUT2D eigenvalue weighted by atomic mass is 32.2. The third-order valence-corrected chi connectivity index (χ3v) is 3.88. The van der Waals surface area contributed by atoms with E-state index in [2.05, 4.69) is 10.3 Å². The molecule has 1 aromatic heterocycles. The van der Waals surface area contributed by atoms with Gasteiger partial charge in [0.15, 0.2) is 0 Å². The van der Waals surface area contributed by atoms with Crippen LogP contribution in [0.1, 0.15) is 27.2 Å². The zero-order chi connectivity index (χ0) is 14.3. The standard InChI is InChI=1S/C14H22N2O2S/c1-11(19-12-6-4-5-8-15-12)13(18)16-10-14(2,3)7-9-17/h4-6,8,11,17H,7,9-10H2,1-3H3,(H,16,18). The number of nitrogens with zero attached hydrogens (tertiary/aromatic N) is 1. The Morgan fingerprint density at radius 3 is 2.84 bits per heavy atom. The number of hydrogen-bond donors (Lipinski definition) is 2. The first-order valence-electron chi connectivity index (χ1n) is 6.41. The number of aromatic nitrogens is 1. The molecule has 1 heterocycles. The predicted molar refractivity (Wildman–Crippen MR) is 78.0 cm³/mol. The lowest BCUT2D eigenvalue weighted by Crippen LogP contribution is -2.38. The van der Waals surface area contributed by atoms with Gasteiger partial charge in [-0.25, -0.2) is 4.98 Å². The Labute approximate surface area is 119 Å². The highest BCUT2D eigenvalue weighted by molar-refractivity contribution is 8.00. The normalized spacial score (nSPS) is 13.1. The summed E-state index contributed by atoms with van der Waals surface area (Å²) in [6.07, 6.45) is 2.40. The van der Waals surface area contributed by atoms with E-state index in [1.165, 1.54) is 11.8 Å². The molecule has 1 unspecified atom stereocenters. The zero-order valence-electron chi connectivity index (χ0n) is 11.7. The number of pyridine rings is 1. The van der Waals surface area contributed by atoms with Crippen LogP contribution in [0.15, 0.2) is 29.4 Å². The number of amides is 1. The van der Waals surface area contributed by atoms with Gasteiger partial charge in [-0.05, 0) is 30.9 Å². The number of rotatable bonds is 7. The molecule has 1 atom stereocenters. The van der Waals surface area contributed by atoms with Crippen LogP contribution in [-0.4, -0.2) is 34.4 Å². The lowest BCUT2D eigenvalue weighted by Gasteiger charge is -2.24. The summed E-state index contributed by atoms with van der Waals surface area (Å²) in [7, 11) is 0. The van der Waals surface area contributed by atoms with Crippen LogP contribution in [0.25, 0.3) is 0 Å². The Balaban J connectivity index is 2.41. The number of nitrogens with one attached hydrogen (secondary N) is 1. The highest BCUT2D eigenvalue weighted by Gasteiger charge is 2.21. The van der Waals surface area contributed by atoms with Crippen LogP contribution in [-0.2, 0) is 4.79 Å². The minimum Gasteiger partial charge on any atom is -0.396 e. The first-order chi connectivity index (χ1) is 8.94. The Hall–Kier alpha value is -1.07. The van der Waals surface area contributed by atoms with Crippen LogP contribution < -0.4 is 5.32 Å². The summed E-state index contributed by atoms with van der Waals surface area (Å²) in [4.78, 5) is 16.2. The summed E-state index contributed by atoms with van der Waals surface area (Å²) < 4.78 is 0. The molecule has 5 heteroatoms. The van der Waals surface area contributed by atoms with Gasteiger partial charge in [-0.3, -0.25) is 4.79 Å². The third kappa shape index (κ3) is 6.07. The molecule has 0 fully saturated rings. The molecule has 0 spiro atoms. The van der Waals surface area contributed by atoms with Gasteiger partial charge in [0.2, 0.25) is 5.91 Å². The van der Waals surface area contributed by atoms with E-state index in [4.69, 9.17) is 5.11 Å². The molecule has 0 radical (unpaired) electrons. The fraction of sp³-hybridized carbons (Fsp3) is 0.571. The molecule has 1 rings (SSSR count). The maximum Gasteiger partial charge on any atom is 0.233 e. The van der Waals surface area contributed by atoms with Gasteiger partial charge in [0.1, 0.15) is 0 Å². The molecule has 0 saturated carbocycles. The fourth-order valence-electron chi connectivity index (χ4n) is 1.51. The minimum absolute atomic E-state index is 0.00154. The van der Waals surface area contributed by atoms with Gasteiger partial charge in [0.25, 0.3) is 0 Å². The molecule has 0 bridgehead atoms. The maximum absolute atomic E-state index is 12.0. The van der Waals surface area contributed by atoms with Crippen molar-refractivity contribution in [2.24, 2.45) is 5.41 Å². The van der Waals surface area contributed by atoms with Gasteiger partial charge in [-0.2, -0.15) is 0 Å². The van der Waals surface area contributed by atoms with E-state index < -0.39 is 0 Å². The lowest BCUT2D eigenvalue weighted by atomic mass is 9.90. The van der Waals surface area contributed by atoms with Crippen molar-refractivity contribution in [3.63, 3.8) is 0 Å². The molecule has 0 aliphatic carbocycles. The smallest absolute Gasteiger partial charge is 0.233 e. The lowest BCUT2D eigenvalue weighted by molar-refractivity contribution is -0.120. The molecule has 19 heavy (non-hydrogen) atoms. The predicted octanol–water partition coefficient (Wildman–Crippen LogP) is 2.09. The van der Waals surface area contributed by atoms with Crippen LogP contribution in [0.4, 0.5) is 0 Å². The Bertz CT molecular complexity index is 396. The summed E-state index contributed by atoms with van der Waals surface area (Å²) in [6, 6.07) is 5.65. The van der Waals surface area contributed by atoms with Gasteiger partial charge in [0, 0.05) is 19.3 Å². The number of carbonyl (C=O) groups excluding carboxylic acids is 1. The molecule has 0 saturated heterocycles. The molecular weight excluding hydrogens is 260 g/mol. The molecule has 2 N–H and O–H groups in total. The van der Waals surface area contributed by atoms with Crippen LogP contribution in [0.3, 0.4) is 0 Å². The molecule has 106 valence electrons. The van der Waals surface area contributed by atoms with E-state index in [-0.39, 0.29) is 23.2 Å². The fourth-order valence-corrected chi connectivity index (χ4v) is 2.34. The summed E-state index contributed by atoms with van der Waals surface area (Å²) in [6.45, 7) is 6.63. The average molecular weight is 282 g/mol. The maximum atomic E-state index is 12.0. The highest BCUT2D eigenvalue weighted by Crippen LogP contribution is 2.22. The third-order valence-electron chi connectivity index (χ3n) is 2.83. The average Bonchev–Trinajstić information content (AvgIpc) is 2.37. The van der Waals surface area contributed by atoms with Crippen LogP contribution in [0, 0.1) is 5.41 Å². The number of aliphatic hydroxyl groups is 1. The monoisotopic (exact) mass is 282 g/mol. The van der Waals surface area contributed by atoms with Crippen molar-refractivity contribution < 1.29 is 9.90 Å². The Kier molecular flexibility index (Phi) is 6.31. The van der Waals surface area contributed by atoms with Crippen LogP contribution in [0.2, 0.25) is 0 Å². The van der Waals surface area contributed by atoms with Gasteiger partial charge in [-0.1, -0.05) is 31.7 Å². The SMILES string of the molecule is CC(Sc1ccccn1)C(=O)NCC(C)(C)CCO. The van der Waals surface area contributed by atoms with Crippen molar-refractivity contribution in [3.05, 3.63) is 24.4 Å². The zero-order valence-corrected chi connectivity index (χ0v) is 12.5. The van der Waals surface area contributed by atoms with Gasteiger partial charge in [-0.15, -0.1) is 0 Å². The van der Waals surface area contributed by atoms with E-state index in [1.807, 2.05) is 39.0 Å². The molecule has 1 amide bonds. The Morgan fingerprint density at radius 2 is 2.26 bits per heavy atom. The quantitative estimate of drug-likeness (QED) is 0.752. The van der Waals surface area contributed by atoms with Crippen molar-refractivity contribution in [2.45, 2.75) is 37.5 Å².